The van der Waals surface area contributed by atoms with Gasteiger partial charge in [-0.15, -0.1) is 0 Å². The van der Waals surface area contributed by atoms with Crippen LogP contribution in [0.25, 0.3) is 21.8 Å². The van der Waals surface area contributed by atoms with Gasteiger partial charge in [-0.2, -0.15) is 0 Å². The Morgan fingerprint density at radius 2 is 1.24 bits per heavy atom. The molecule has 4 aromatic rings. The molecule has 2 aromatic carbocycles. The summed E-state index contributed by atoms with van der Waals surface area (Å²) in [5, 5.41) is 25.5. The number of carbonyl (C=O) groups is 4. The smallest absolute Gasteiger partial charge is 0.326 e. The maximum absolute atomic E-state index is 13.3. The number of para-hydroxylation sites is 2. The predicted molar refractivity (Wildman–Crippen MR) is 136 cm³/mol. The van der Waals surface area contributed by atoms with Crippen molar-refractivity contribution in [2.75, 3.05) is 0 Å². The van der Waals surface area contributed by atoms with Crippen molar-refractivity contribution in [3.63, 3.8) is 0 Å². The molecule has 11 nitrogen and oxygen atoms in total. The molecular formula is C26H27N5O6. The van der Waals surface area contributed by atoms with Crippen LogP contribution in [0, 0.1) is 0 Å². The molecule has 11 heteroatoms. The van der Waals surface area contributed by atoms with Crippen LogP contribution in [-0.4, -0.2) is 62.1 Å². The van der Waals surface area contributed by atoms with Crippen molar-refractivity contribution in [3.8, 4) is 0 Å². The number of hydrogen-bond acceptors (Lipinski definition) is 5. The van der Waals surface area contributed by atoms with Crippen LogP contribution in [0.3, 0.4) is 0 Å². The SMILES string of the molecule is N[C@@H](CC(=O)O)C(=O)N[C@@H](Cc1c[nH]c2ccccc12)C(=O)N[C@@H](Cc1c[nH]c2ccccc12)C(=O)O. The van der Waals surface area contributed by atoms with Gasteiger partial charge in [0, 0.05) is 47.0 Å². The Kier molecular flexibility index (Phi) is 7.54. The van der Waals surface area contributed by atoms with Crippen molar-refractivity contribution in [3.05, 3.63) is 72.1 Å². The molecule has 0 fully saturated rings. The Morgan fingerprint density at radius 3 is 1.76 bits per heavy atom. The maximum atomic E-state index is 13.3. The first kappa shape index (κ1) is 25.5. The molecule has 4 rings (SSSR count). The summed E-state index contributed by atoms with van der Waals surface area (Å²) in [5.41, 5.74) is 8.79. The average Bonchev–Trinajstić information content (AvgIpc) is 3.47. The van der Waals surface area contributed by atoms with E-state index in [1.54, 1.807) is 12.4 Å². The summed E-state index contributed by atoms with van der Waals surface area (Å²) in [7, 11) is 0. The number of aliphatic carboxylic acids is 2. The van der Waals surface area contributed by atoms with E-state index in [0.717, 1.165) is 21.8 Å². The summed E-state index contributed by atoms with van der Waals surface area (Å²) >= 11 is 0. The molecule has 0 unspecified atom stereocenters. The van der Waals surface area contributed by atoms with Crippen LogP contribution in [0.5, 0.6) is 0 Å². The van der Waals surface area contributed by atoms with Crippen molar-refractivity contribution < 1.29 is 29.4 Å². The number of nitrogens with two attached hydrogens (primary N) is 1. The Labute approximate surface area is 211 Å². The number of hydrogen-bond donors (Lipinski definition) is 7. The number of rotatable bonds is 11. The van der Waals surface area contributed by atoms with Crippen LogP contribution in [0.4, 0.5) is 0 Å². The van der Waals surface area contributed by atoms with Gasteiger partial charge in [-0.25, -0.2) is 4.79 Å². The Hall–Kier alpha value is -4.64. The molecule has 37 heavy (non-hydrogen) atoms. The molecule has 2 aromatic heterocycles. The maximum Gasteiger partial charge on any atom is 0.326 e. The van der Waals surface area contributed by atoms with E-state index in [2.05, 4.69) is 20.6 Å². The first-order valence-corrected chi connectivity index (χ1v) is 11.6. The quantitative estimate of drug-likeness (QED) is 0.160. The summed E-state index contributed by atoms with van der Waals surface area (Å²) in [6.07, 6.45) is 2.82. The molecule has 0 saturated heterocycles. The summed E-state index contributed by atoms with van der Waals surface area (Å²) in [6, 6.07) is 10.9. The number of amides is 2. The molecule has 0 aliphatic carbocycles. The Morgan fingerprint density at radius 1 is 0.757 bits per heavy atom. The highest BCUT2D eigenvalue weighted by atomic mass is 16.4. The number of nitrogens with one attached hydrogen (secondary N) is 4. The number of aromatic amines is 2. The number of H-pyrrole nitrogens is 2. The third-order valence-corrected chi connectivity index (χ3v) is 6.18. The van der Waals surface area contributed by atoms with Gasteiger partial charge in [0.2, 0.25) is 11.8 Å². The number of aromatic nitrogens is 2. The number of carbonyl (C=O) groups excluding carboxylic acids is 2. The third-order valence-electron chi connectivity index (χ3n) is 6.18. The lowest BCUT2D eigenvalue weighted by molar-refractivity contribution is -0.142. The molecule has 3 atom stereocenters. The van der Waals surface area contributed by atoms with E-state index >= 15 is 0 Å². The Balaban J connectivity index is 1.56. The zero-order valence-corrected chi connectivity index (χ0v) is 19.7. The van der Waals surface area contributed by atoms with E-state index in [9.17, 15) is 24.3 Å². The van der Waals surface area contributed by atoms with E-state index in [-0.39, 0.29) is 12.8 Å². The molecule has 192 valence electrons. The average molecular weight is 506 g/mol. The number of carboxylic acids is 2. The van der Waals surface area contributed by atoms with Gasteiger partial charge in [-0.3, -0.25) is 14.4 Å². The third kappa shape index (κ3) is 5.96. The molecule has 0 saturated carbocycles. The largest absolute Gasteiger partial charge is 0.481 e. The van der Waals surface area contributed by atoms with Crippen LogP contribution in [0.2, 0.25) is 0 Å². The molecule has 0 aliphatic heterocycles. The molecule has 0 radical (unpaired) electrons. The second-order valence-electron chi connectivity index (χ2n) is 8.79. The van der Waals surface area contributed by atoms with Crippen LogP contribution >= 0.6 is 0 Å². The van der Waals surface area contributed by atoms with Crippen molar-refractivity contribution in [2.24, 2.45) is 5.73 Å². The first-order valence-electron chi connectivity index (χ1n) is 11.6. The van der Waals surface area contributed by atoms with Crippen molar-refractivity contribution in [1.29, 1.82) is 0 Å². The summed E-state index contributed by atoms with van der Waals surface area (Å²) < 4.78 is 0. The molecule has 0 aliphatic rings. The second-order valence-corrected chi connectivity index (χ2v) is 8.79. The lowest BCUT2D eigenvalue weighted by Crippen LogP contribution is -2.55. The normalized spacial score (nSPS) is 13.6. The van der Waals surface area contributed by atoms with Crippen LogP contribution < -0.4 is 16.4 Å². The highest BCUT2D eigenvalue weighted by molar-refractivity contribution is 5.94. The van der Waals surface area contributed by atoms with Crippen molar-refractivity contribution >= 4 is 45.6 Å². The van der Waals surface area contributed by atoms with Gasteiger partial charge >= 0.3 is 11.9 Å². The van der Waals surface area contributed by atoms with E-state index in [0.29, 0.717) is 11.1 Å². The van der Waals surface area contributed by atoms with E-state index in [1.807, 2.05) is 48.5 Å². The van der Waals surface area contributed by atoms with Gasteiger partial charge in [-0.1, -0.05) is 36.4 Å². The second kappa shape index (κ2) is 11.0. The Bertz CT molecular complexity index is 1460. The van der Waals surface area contributed by atoms with Gasteiger partial charge in [-0.05, 0) is 23.3 Å². The zero-order chi connectivity index (χ0) is 26.5. The molecule has 0 spiro atoms. The monoisotopic (exact) mass is 505 g/mol. The topological polar surface area (TPSA) is 190 Å². The van der Waals surface area contributed by atoms with Crippen molar-refractivity contribution in [2.45, 2.75) is 37.4 Å². The number of benzene rings is 2. The van der Waals surface area contributed by atoms with Crippen LogP contribution in [0.15, 0.2) is 60.9 Å². The molecule has 2 heterocycles. The number of fused-ring (bicyclic) bond motifs is 2. The minimum Gasteiger partial charge on any atom is -0.481 e. The van der Waals surface area contributed by atoms with Crippen LogP contribution in [0.1, 0.15) is 17.5 Å². The van der Waals surface area contributed by atoms with Gasteiger partial charge in [0.05, 0.1) is 12.5 Å². The molecule has 2 amide bonds. The first-order chi connectivity index (χ1) is 17.7. The number of carboxylic acid groups (broad SMARTS) is 2. The highest BCUT2D eigenvalue weighted by Gasteiger charge is 2.30. The van der Waals surface area contributed by atoms with Crippen LogP contribution in [-0.2, 0) is 32.0 Å². The minimum absolute atomic E-state index is 0.0113. The summed E-state index contributed by atoms with van der Waals surface area (Å²) in [5.74, 6) is -4.05. The summed E-state index contributed by atoms with van der Waals surface area (Å²) in [4.78, 5) is 55.2. The molecule has 8 N–H and O–H groups in total. The summed E-state index contributed by atoms with van der Waals surface area (Å²) in [6.45, 7) is 0. The molecule has 0 bridgehead atoms. The highest BCUT2D eigenvalue weighted by Crippen LogP contribution is 2.21. The van der Waals surface area contributed by atoms with Gasteiger partial charge < -0.3 is 36.5 Å². The lowest BCUT2D eigenvalue weighted by atomic mass is 10.0. The zero-order valence-electron chi connectivity index (χ0n) is 19.7. The fraction of sp³-hybridized carbons (Fsp3) is 0.231. The predicted octanol–water partition coefficient (Wildman–Crippen LogP) is 1.29. The van der Waals surface area contributed by atoms with Gasteiger partial charge in [0.25, 0.3) is 0 Å². The lowest BCUT2D eigenvalue weighted by Gasteiger charge is -2.22. The fourth-order valence-electron chi connectivity index (χ4n) is 4.28. The van der Waals surface area contributed by atoms with Crippen molar-refractivity contribution in [1.82, 2.24) is 20.6 Å². The van der Waals surface area contributed by atoms with E-state index in [1.165, 1.54) is 0 Å². The standard InChI is InChI=1S/C26H27N5O6/c27-18(11-23(32)33)24(34)30-21(9-14-12-28-19-7-3-1-5-16(14)19)25(35)31-22(26(36)37)10-15-13-29-20-8-4-2-6-17(15)20/h1-8,12-13,18,21-22,28-29H,9-11,27H2,(H,30,34)(H,31,35)(H,32,33)(H,36,37)/t18-,21-,22-/m0/s1. The minimum atomic E-state index is -1.38. The van der Waals surface area contributed by atoms with E-state index in [4.69, 9.17) is 10.8 Å². The van der Waals surface area contributed by atoms with Gasteiger partial charge in [0.15, 0.2) is 0 Å². The fourth-order valence-corrected chi connectivity index (χ4v) is 4.28. The van der Waals surface area contributed by atoms with E-state index < -0.39 is 48.3 Å². The van der Waals surface area contributed by atoms with Gasteiger partial charge in [0.1, 0.15) is 12.1 Å². The molecular weight excluding hydrogens is 478 g/mol.